The number of nitrogens with one attached hydrogen (secondary N) is 2. The summed E-state index contributed by atoms with van der Waals surface area (Å²) in [7, 11) is 0. The van der Waals surface area contributed by atoms with Gasteiger partial charge in [-0.05, 0) is 90.0 Å². The van der Waals surface area contributed by atoms with Crippen molar-refractivity contribution in [3.63, 3.8) is 0 Å². The van der Waals surface area contributed by atoms with Gasteiger partial charge < -0.3 is 25.0 Å². The molecule has 0 fully saturated rings. The molecule has 2 N–H and O–H groups in total. The van der Waals surface area contributed by atoms with Crippen LogP contribution < -0.4 is 10.6 Å². The SMILES string of the molecule is CCCCCCCCN(C(=O)C(NC(=O)OC(C)(C)C)C(C)CC)C(C(=O)NC(Cc1ccccc1)C(=O)OC(C)(C)C)c1cccc(C)c1C. The number of rotatable bonds is 18. The first kappa shape index (κ1) is 43.3. The molecule has 2 rings (SSSR count). The number of aryl methyl sites for hydroxylation is 1. The van der Waals surface area contributed by atoms with Crippen molar-refractivity contribution in [3.8, 4) is 0 Å². The maximum atomic E-state index is 14.9. The van der Waals surface area contributed by atoms with Crippen molar-refractivity contribution >= 4 is 23.9 Å². The van der Waals surface area contributed by atoms with Crippen LogP contribution in [0, 0.1) is 19.8 Å². The van der Waals surface area contributed by atoms with Crippen LogP contribution in [0.5, 0.6) is 0 Å². The van der Waals surface area contributed by atoms with Crippen LogP contribution in [0.3, 0.4) is 0 Å². The molecule has 0 aliphatic carbocycles. The molecule has 4 unspecified atom stereocenters. The Hall–Kier alpha value is -3.88. The minimum absolute atomic E-state index is 0.210. The summed E-state index contributed by atoms with van der Waals surface area (Å²) in [6, 6.07) is 12.1. The Bertz CT molecular complexity index is 1410. The molecule has 4 atom stereocenters. The minimum atomic E-state index is -1.08. The topological polar surface area (TPSA) is 114 Å². The second-order valence-corrected chi connectivity index (χ2v) is 15.8. The summed E-state index contributed by atoms with van der Waals surface area (Å²) < 4.78 is 11.4. The van der Waals surface area contributed by atoms with E-state index in [1.165, 1.54) is 0 Å². The quantitative estimate of drug-likeness (QED) is 0.119. The number of carbonyl (C=O) groups excluding carboxylic acids is 4. The lowest BCUT2D eigenvalue weighted by atomic mass is 9.92. The third kappa shape index (κ3) is 14.7. The van der Waals surface area contributed by atoms with Crippen molar-refractivity contribution in [2.45, 2.75) is 157 Å². The highest BCUT2D eigenvalue weighted by Crippen LogP contribution is 2.30. The standard InChI is InChI=1S/C42H65N3O6/c1-12-14-15-16-17-21-27-45(38(47)35(29(3)13-2)44-40(49)51-42(9,10)11)36(33-26-22-23-30(4)31(33)5)37(46)43-34(39(48)50-41(6,7)8)28-32-24-19-18-20-25-32/h18-20,22-26,29,34-36H,12-17,21,27-28H2,1-11H3,(H,43,46)(H,44,49). The molecule has 0 aromatic heterocycles. The van der Waals surface area contributed by atoms with Gasteiger partial charge in [-0.2, -0.15) is 0 Å². The molecule has 2 aromatic rings. The molecule has 9 heteroatoms. The lowest BCUT2D eigenvalue weighted by Crippen LogP contribution is -2.56. The minimum Gasteiger partial charge on any atom is -0.458 e. The van der Waals surface area contributed by atoms with E-state index in [1.807, 2.05) is 76.2 Å². The first-order valence-corrected chi connectivity index (χ1v) is 18.8. The van der Waals surface area contributed by atoms with Crippen LogP contribution in [-0.2, 0) is 30.3 Å². The first-order valence-electron chi connectivity index (χ1n) is 18.8. The molecule has 284 valence electrons. The van der Waals surface area contributed by atoms with Crippen LogP contribution >= 0.6 is 0 Å². The molecule has 0 saturated carbocycles. The normalized spacial score (nSPS) is 14.1. The molecule has 0 heterocycles. The van der Waals surface area contributed by atoms with Gasteiger partial charge in [-0.15, -0.1) is 0 Å². The van der Waals surface area contributed by atoms with E-state index in [0.29, 0.717) is 18.4 Å². The number of benzene rings is 2. The monoisotopic (exact) mass is 707 g/mol. The third-order valence-corrected chi connectivity index (χ3v) is 8.98. The number of unbranched alkanes of at least 4 members (excludes halogenated alkanes) is 5. The summed E-state index contributed by atoms with van der Waals surface area (Å²) in [5, 5.41) is 5.87. The van der Waals surface area contributed by atoms with Crippen LogP contribution in [0.4, 0.5) is 4.79 Å². The average molecular weight is 708 g/mol. The largest absolute Gasteiger partial charge is 0.458 e. The Morgan fingerprint density at radius 2 is 1.37 bits per heavy atom. The highest BCUT2D eigenvalue weighted by Gasteiger charge is 2.40. The van der Waals surface area contributed by atoms with E-state index in [2.05, 4.69) is 17.6 Å². The van der Waals surface area contributed by atoms with E-state index in [4.69, 9.17) is 9.47 Å². The fourth-order valence-corrected chi connectivity index (χ4v) is 5.91. The lowest BCUT2D eigenvalue weighted by molar-refractivity contribution is -0.159. The smallest absolute Gasteiger partial charge is 0.408 e. The van der Waals surface area contributed by atoms with Crippen molar-refractivity contribution in [3.05, 3.63) is 70.8 Å². The van der Waals surface area contributed by atoms with Crippen LogP contribution in [0.25, 0.3) is 0 Å². The van der Waals surface area contributed by atoms with Crippen molar-refractivity contribution in [2.24, 2.45) is 5.92 Å². The second kappa shape index (κ2) is 20.2. The zero-order chi connectivity index (χ0) is 38.4. The van der Waals surface area contributed by atoms with Crippen molar-refractivity contribution < 1.29 is 28.7 Å². The number of hydrogen-bond acceptors (Lipinski definition) is 6. The van der Waals surface area contributed by atoms with Crippen LogP contribution in [0.1, 0.15) is 136 Å². The summed E-state index contributed by atoms with van der Waals surface area (Å²) in [6.07, 6.45) is 6.04. The van der Waals surface area contributed by atoms with E-state index in [9.17, 15) is 19.2 Å². The van der Waals surface area contributed by atoms with Gasteiger partial charge in [0.05, 0.1) is 0 Å². The molecule has 0 aliphatic rings. The molecule has 0 aliphatic heterocycles. The fourth-order valence-electron chi connectivity index (χ4n) is 5.91. The number of esters is 1. The Morgan fingerprint density at radius 1 is 0.765 bits per heavy atom. The summed E-state index contributed by atoms with van der Waals surface area (Å²) in [6.45, 7) is 20.9. The molecular formula is C42H65N3O6. The van der Waals surface area contributed by atoms with Crippen LogP contribution in [-0.4, -0.2) is 58.6 Å². The maximum absolute atomic E-state index is 14.9. The van der Waals surface area contributed by atoms with Gasteiger partial charge in [-0.25, -0.2) is 9.59 Å². The predicted octanol–water partition coefficient (Wildman–Crippen LogP) is 8.54. The van der Waals surface area contributed by atoms with E-state index >= 15 is 0 Å². The lowest BCUT2D eigenvalue weighted by Gasteiger charge is -2.37. The number of ether oxygens (including phenoxy) is 2. The highest BCUT2D eigenvalue weighted by atomic mass is 16.6. The molecule has 9 nitrogen and oxygen atoms in total. The predicted molar refractivity (Wildman–Crippen MR) is 204 cm³/mol. The van der Waals surface area contributed by atoms with Gasteiger partial charge in [-0.1, -0.05) is 108 Å². The number of hydrogen-bond donors (Lipinski definition) is 2. The first-order chi connectivity index (χ1) is 23.9. The maximum Gasteiger partial charge on any atom is 0.408 e. The van der Waals surface area contributed by atoms with Crippen molar-refractivity contribution in [1.29, 1.82) is 0 Å². The van der Waals surface area contributed by atoms with Gasteiger partial charge in [0, 0.05) is 13.0 Å². The summed E-state index contributed by atoms with van der Waals surface area (Å²) >= 11 is 0. The molecule has 0 bridgehead atoms. The molecule has 0 saturated heterocycles. The molecule has 51 heavy (non-hydrogen) atoms. The number of carbonyl (C=O) groups is 4. The number of nitrogens with zero attached hydrogens (tertiary/aromatic N) is 1. The molecule has 0 radical (unpaired) electrons. The van der Waals surface area contributed by atoms with Crippen LogP contribution in [0.15, 0.2) is 48.5 Å². The fraction of sp³-hybridized carbons (Fsp3) is 0.619. The highest BCUT2D eigenvalue weighted by molar-refractivity contribution is 5.94. The molecule has 2 aromatic carbocycles. The summed E-state index contributed by atoms with van der Waals surface area (Å²) in [5.74, 6) is -1.68. The van der Waals surface area contributed by atoms with Gasteiger partial charge in [0.1, 0.15) is 29.3 Å². The van der Waals surface area contributed by atoms with Crippen molar-refractivity contribution in [2.75, 3.05) is 6.54 Å². The van der Waals surface area contributed by atoms with Crippen LogP contribution in [0.2, 0.25) is 0 Å². The number of alkyl carbamates (subject to hydrolysis) is 1. The summed E-state index contributed by atoms with van der Waals surface area (Å²) in [4.78, 5) is 58.2. The van der Waals surface area contributed by atoms with Gasteiger partial charge in [0.2, 0.25) is 11.8 Å². The zero-order valence-electron chi connectivity index (χ0n) is 33.2. The van der Waals surface area contributed by atoms with Gasteiger partial charge >= 0.3 is 12.1 Å². The second-order valence-electron chi connectivity index (χ2n) is 15.8. The van der Waals surface area contributed by atoms with Gasteiger partial charge in [-0.3, -0.25) is 9.59 Å². The molecular weight excluding hydrogens is 642 g/mol. The van der Waals surface area contributed by atoms with E-state index in [0.717, 1.165) is 48.8 Å². The summed E-state index contributed by atoms with van der Waals surface area (Å²) in [5.41, 5.74) is 1.82. The molecule has 3 amide bonds. The van der Waals surface area contributed by atoms with Gasteiger partial charge in [0.25, 0.3) is 0 Å². The van der Waals surface area contributed by atoms with E-state index in [-0.39, 0.29) is 24.8 Å². The zero-order valence-corrected chi connectivity index (χ0v) is 33.2. The Kier molecular flexibility index (Phi) is 17.2. The number of amides is 3. The van der Waals surface area contributed by atoms with Crippen molar-refractivity contribution in [1.82, 2.24) is 15.5 Å². The van der Waals surface area contributed by atoms with Gasteiger partial charge in [0.15, 0.2) is 0 Å². The van der Waals surface area contributed by atoms with E-state index < -0.39 is 47.3 Å². The Labute approximate surface area is 307 Å². The Balaban J connectivity index is 2.70. The third-order valence-electron chi connectivity index (χ3n) is 8.98. The van der Waals surface area contributed by atoms with E-state index in [1.54, 1.807) is 46.4 Å². The average Bonchev–Trinajstić information content (AvgIpc) is 3.04. The Morgan fingerprint density at radius 3 is 1.96 bits per heavy atom. The molecule has 0 spiro atoms.